The van der Waals surface area contributed by atoms with Gasteiger partial charge in [-0.05, 0) is 19.4 Å². The highest BCUT2D eigenvalue weighted by molar-refractivity contribution is 5.97. The lowest BCUT2D eigenvalue weighted by atomic mass is 10.1. The normalized spacial score (nSPS) is 19.5. The molecule has 1 saturated heterocycles. The Morgan fingerprint density at radius 1 is 1.55 bits per heavy atom. The molecule has 0 spiro atoms. The molecule has 0 N–H and O–H groups in total. The Morgan fingerprint density at radius 3 is 3.15 bits per heavy atom. The summed E-state index contributed by atoms with van der Waals surface area (Å²) in [6, 6.07) is 1.82. The molecule has 1 aliphatic rings. The summed E-state index contributed by atoms with van der Waals surface area (Å²) in [5.41, 5.74) is 1.88. The van der Waals surface area contributed by atoms with E-state index in [0.29, 0.717) is 31.0 Å². The van der Waals surface area contributed by atoms with Crippen LogP contribution in [0.2, 0.25) is 0 Å². The minimum absolute atomic E-state index is 0.0159. The largest absolute Gasteiger partial charge is 0.375 e. The van der Waals surface area contributed by atoms with Gasteiger partial charge in [0.15, 0.2) is 0 Å². The van der Waals surface area contributed by atoms with Crippen LogP contribution in [0.5, 0.6) is 0 Å². The first-order chi connectivity index (χ1) is 9.69. The molecule has 3 heterocycles. The molecule has 0 saturated carbocycles. The third-order valence-electron chi connectivity index (χ3n) is 3.51. The molecule has 0 aromatic carbocycles. The maximum atomic E-state index is 12.5. The molecule has 1 unspecified atom stereocenters. The number of fused-ring (bicyclic) bond motifs is 1. The topological polar surface area (TPSA) is 68.5 Å². The minimum atomic E-state index is -0.0159. The Labute approximate surface area is 116 Å². The van der Waals surface area contributed by atoms with Gasteiger partial charge in [0, 0.05) is 19.3 Å². The zero-order valence-electron chi connectivity index (χ0n) is 11.6. The number of ether oxygens (including phenoxy) is 1. The first kappa shape index (κ1) is 13.1. The minimum Gasteiger partial charge on any atom is -0.375 e. The third kappa shape index (κ3) is 2.27. The summed E-state index contributed by atoms with van der Waals surface area (Å²) in [6.45, 7) is 5.77. The van der Waals surface area contributed by atoms with Gasteiger partial charge in [-0.1, -0.05) is 12.1 Å². The molecule has 6 heteroatoms. The lowest BCUT2D eigenvalue weighted by Crippen LogP contribution is -2.44. The van der Waals surface area contributed by atoms with E-state index in [1.165, 1.54) is 0 Å². The molecule has 20 heavy (non-hydrogen) atoms. The Balaban J connectivity index is 1.90. The van der Waals surface area contributed by atoms with Crippen molar-refractivity contribution < 1.29 is 14.1 Å². The number of rotatable bonds is 2. The number of nitrogens with zero attached hydrogens (tertiary/aromatic N) is 3. The molecule has 2 aromatic heterocycles. The van der Waals surface area contributed by atoms with Crippen molar-refractivity contribution in [1.82, 2.24) is 15.0 Å². The third-order valence-corrected chi connectivity index (χ3v) is 3.51. The number of aromatic nitrogens is 2. The Hall–Kier alpha value is -1.95. The number of carbonyl (C=O) groups excluding carboxylic acids is 1. The van der Waals surface area contributed by atoms with Crippen LogP contribution in [-0.2, 0) is 11.2 Å². The lowest BCUT2D eigenvalue weighted by molar-refractivity contribution is -0.0124. The average Bonchev–Trinajstić information content (AvgIpc) is 2.88. The van der Waals surface area contributed by atoms with Gasteiger partial charge < -0.3 is 14.2 Å². The lowest BCUT2D eigenvalue weighted by Gasteiger charge is -2.31. The fraction of sp³-hybridized carbons (Fsp3) is 0.500. The van der Waals surface area contributed by atoms with E-state index in [1.807, 2.05) is 19.9 Å². The number of aryl methyl sites for hydroxylation is 1. The van der Waals surface area contributed by atoms with Crippen molar-refractivity contribution in [3.05, 3.63) is 23.5 Å². The smallest absolute Gasteiger partial charge is 0.257 e. The predicted molar refractivity (Wildman–Crippen MR) is 72.5 cm³/mol. The fourth-order valence-electron chi connectivity index (χ4n) is 2.44. The van der Waals surface area contributed by atoms with E-state index < -0.39 is 0 Å². The summed E-state index contributed by atoms with van der Waals surface area (Å²) < 4.78 is 10.6. The summed E-state index contributed by atoms with van der Waals surface area (Å²) in [6.07, 6.45) is 2.38. The molecular formula is C14H17N3O3. The molecule has 3 rings (SSSR count). The average molecular weight is 275 g/mol. The van der Waals surface area contributed by atoms with Crippen LogP contribution >= 0.6 is 0 Å². The zero-order valence-corrected chi connectivity index (χ0v) is 11.6. The van der Waals surface area contributed by atoms with Gasteiger partial charge in [0.05, 0.1) is 29.4 Å². The van der Waals surface area contributed by atoms with Gasteiger partial charge in [-0.3, -0.25) is 4.79 Å². The van der Waals surface area contributed by atoms with Gasteiger partial charge in [-0.2, -0.15) is 0 Å². The summed E-state index contributed by atoms with van der Waals surface area (Å²) in [7, 11) is 0. The second-order valence-corrected chi connectivity index (χ2v) is 4.99. The highest BCUT2D eigenvalue weighted by atomic mass is 16.5. The Kier molecular flexibility index (Phi) is 3.40. The molecule has 6 nitrogen and oxygen atoms in total. The first-order valence-electron chi connectivity index (χ1n) is 6.84. The van der Waals surface area contributed by atoms with Crippen LogP contribution in [0.1, 0.15) is 29.9 Å². The fourth-order valence-corrected chi connectivity index (χ4v) is 2.44. The van der Waals surface area contributed by atoms with E-state index in [4.69, 9.17) is 9.26 Å². The number of amides is 1. The van der Waals surface area contributed by atoms with E-state index >= 15 is 0 Å². The molecule has 0 aliphatic carbocycles. The van der Waals surface area contributed by atoms with Crippen LogP contribution in [0.3, 0.4) is 0 Å². The van der Waals surface area contributed by atoms with Crippen molar-refractivity contribution >= 4 is 17.0 Å². The van der Waals surface area contributed by atoms with Gasteiger partial charge in [0.1, 0.15) is 0 Å². The predicted octanol–water partition coefficient (Wildman–Crippen LogP) is 1.65. The molecule has 106 valence electrons. The number of hydrogen-bond donors (Lipinski definition) is 0. The van der Waals surface area contributed by atoms with Gasteiger partial charge >= 0.3 is 0 Å². The number of morpholine rings is 1. The van der Waals surface area contributed by atoms with E-state index in [0.717, 1.165) is 17.5 Å². The van der Waals surface area contributed by atoms with Crippen molar-refractivity contribution in [3.63, 3.8) is 0 Å². The van der Waals surface area contributed by atoms with E-state index in [9.17, 15) is 4.79 Å². The number of hydrogen-bond acceptors (Lipinski definition) is 5. The van der Waals surface area contributed by atoms with Crippen molar-refractivity contribution in [3.8, 4) is 0 Å². The molecular weight excluding hydrogens is 258 g/mol. The summed E-state index contributed by atoms with van der Waals surface area (Å²) >= 11 is 0. The molecule has 0 bridgehead atoms. The summed E-state index contributed by atoms with van der Waals surface area (Å²) in [4.78, 5) is 18.5. The molecule has 1 amide bonds. The second kappa shape index (κ2) is 5.20. The molecule has 2 aromatic rings. The SMILES string of the molecule is CCc1noc2ncc(C(=O)N3CCOC(C)C3)cc12. The molecule has 1 atom stereocenters. The molecule has 0 radical (unpaired) electrons. The van der Waals surface area contributed by atoms with Crippen LogP contribution < -0.4 is 0 Å². The van der Waals surface area contributed by atoms with Crippen LogP contribution in [0.4, 0.5) is 0 Å². The first-order valence-corrected chi connectivity index (χ1v) is 6.84. The van der Waals surface area contributed by atoms with Crippen molar-refractivity contribution in [2.24, 2.45) is 0 Å². The van der Waals surface area contributed by atoms with Crippen LogP contribution in [0, 0.1) is 0 Å². The zero-order chi connectivity index (χ0) is 14.1. The Bertz CT molecular complexity index is 638. The van der Waals surface area contributed by atoms with Gasteiger partial charge in [0.2, 0.25) is 0 Å². The quantitative estimate of drug-likeness (QED) is 0.833. The van der Waals surface area contributed by atoms with Gasteiger partial charge in [-0.25, -0.2) is 4.98 Å². The maximum Gasteiger partial charge on any atom is 0.257 e. The van der Waals surface area contributed by atoms with Crippen molar-refractivity contribution in [2.75, 3.05) is 19.7 Å². The molecule has 1 aliphatic heterocycles. The van der Waals surface area contributed by atoms with Crippen molar-refractivity contribution in [2.45, 2.75) is 26.4 Å². The van der Waals surface area contributed by atoms with Crippen molar-refractivity contribution in [1.29, 1.82) is 0 Å². The molecule has 1 fully saturated rings. The van der Waals surface area contributed by atoms with E-state index in [2.05, 4.69) is 10.1 Å². The monoisotopic (exact) mass is 275 g/mol. The van der Waals surface area contributed by atoms with Crippen LogP contribution in [0.15, 0.2) is 16.8 Å². The van der Waals surface area contributed by atoms with E-state index in [1.54, 1.807) is 11.1 Å². The highest BCUT2D eigenvalue weighted by Crippen LogP contribution is 2.19. The summed E-state index contributed by atoms with van der Waals surface area (Å²) in [5, 5.41) is 4.78. The van der Waals surface area contributed by atoms with Gasteiger partial charge in [0.25, 0.3) is 11.6 Å². The van der Waals surface area contributed by atoms with Gasteiger partial charge in [-0.15, -0.1) is 0 Å². The standard InChI is InChI=1S/C14H17N3O3/c1-3-12-11-6-10(7-15-13(11)20-16-12)14(18)17-4-5-19-9(2)8-17/h6-7,9H,3-5,8H2,1-2H3. The number of pyridine rings is 1. The Morgan fingerprint density at radius 2 is 2.40 bits per heavy atom. The maximum absolute atomic E-state index is 12.5. The highest BCUT2D eigenvalue weighted by Gasteiger charge is 2.23. The number of carbonyl (C=O) groups is 1. The second-order valence-electron chi connectivity index (χ2n) is 4.99. The van der Waals surface area contributed by atoms with Crippen LogP contribution in [-0.4, -0.2) is 46.7 Å². The van der Waals surface area contributed by atoms with Crippen LogP contribution in [0.25, 0.3) is 11.1 Å². The summed E-state index contributed by atoms with van der Waals surface area (Å²) in [5.74, 6) is -0.0159. The van der Waals surface area contributed by atoms with E-state index in [-0.39, 0.29) is 12.0 Å².